The van der Waals surface area contributed by atoms with Crippen LogP contribution in [-0.4, -0.2) is 25.3 Å². The Bertz CT molecular complexity index is 424. The largest absolute Gasteiger partial charge is 0.497 e. The van der Waals surface area contributed by atoms with Gasteiger partial charge < -0.3 is 14.6 Å². The number of hydrogen-bond acceptors (Lipinski definition) is 3. The summed E-state index contributed by atoms with van der Waals surface area (Å²) >= 11 is 0. The fraction of sp³-hybridized carbons (Fsp3) is 0.500. The van der Waals surface area contributed by atoms with Gasteiger partial charge in [0.25, 0.3) is 0 Å². The van der Waals surface area contributed by atoms with Crippen LogP contribution in [0.3, 0.4) is 0 Å². The van der Waals surface area contributed by atoms with E-state index in [1.807, 2.05) is 32.0 Å². The van der Waals surface area contributed by atoms with Crippen LogP contribution in [0, 0.1) is 5.41 Å². The van der Waals surface area contributed by atoms with Gasteiger partial charge in [0.1, 0.15) is 11.5 Å². The van der Waals surface area contributed by atoms with Gasteiger partial charge in [-0.3, -0.25) is 4.79 Å². The second-order valence-electron chi connectivity index (χ2n) is 5.09. The molecule has 0 aromatic heterocycles. The molecule has 0 saturated carbocycles. The molecule has 0 radical (unpaired) electrons. The SMILES string of the molecule is COc1ccc(CC(C)(C)CC(=O)O)c(OC)c1. The molecule has 1 aromatic rings. The first-order chi connectivity index (χ1) is 8.38. The van der Waals surface area contributed by atoms with E-state index in [1.54, 1.807) is 14.2 Å². The van der Waals surface area contributed by atoms with Crippen LogP contribution >= 0.6 is 0 Å². The van der Waals surface area contributed by atoms with Crippen LogP contribution in [0.5, 0.6) is 11.5 Å². The third kappa shape index (κ3) is 3.95. The number of rotatable bonds is 6. The molecule has 0 unspecified atom stereocenters. The number of carboxylic acids is 1. The highest BCUT2D eigenvalue weighted by molar-refractivity contribution is 5.67. The fourth-order valence-corrected chi connectivity index (χ4v) is 1.99. The molecule has 0 saturated heterocycles. The summed E-state index contributed by atoms with van der Waals surface area (Å²) in [7, 11) is 3.20. The van der Waals surface area contributed by atoms with Crippen LogP contribution in [0.25, 0.3) is 0 Å². The third-order valence-electron chi connectivity index (χ3n) is 2.79. The zero-order valence-corrected chi connectivity index (χ0v) is 11.3. The smallest absolute Gasteiger partial charge is 0.303 e. The maximum Gasteiger partial charge on any atom is 0.303 e. The van der Waals surface area contributed by atoms with Crippen LogP contribution in [0.15, 0.2) is 18.2 Å². The van der Waals surface area contributed by atoms with Crippen molar-refractivity contribution < 1.29 is 19.4 Å². The van der Waals surface area contributed by atoms with Crippen molar-refractivity contribution in [3.63, 3.8) is 0 Å². The molecule has 0 aliphatic heterocycles. The summed E-state index contributed by atoms with van der Waals surface area (Å²) in [5, 5.41) is 8.88. The first-order valence-corrected chi connectivity index (χ1v) is 5.80. The lowest BCUT2D eigenvalue weighted by Crippen LogP contribution is -2.20. The van der Waals surface area contributed by atoms with Crippen molar-refractivity contribution in [1.29, 1.82) is 0 Å². The van der Waals surface area contributed by atoms with Gasteiger partial charge in [-0.15, -0.1) is 0 Å². The standard InChI is InChI=1S/C14H20O4/c1-14(2,9-13(15)16)8-10-5-6-11(17-3)7-12(10)18-4/h5-7H,8-9H2,1-4H3,(H,15,16). The predicted octanol–water partition coefficient (Wildman–Crippen LogP) is 2.75. The first kappa shape index (κ1) is 14.4. The topological polar surface area (TPSA) is 55.8 Å². The van der Waals surface area contributed by atoms with Crippen molar-refractivity contribution in [2.24, 2.45) is 5.41 Å². The number of aliphatic carboxylic acids is 1. The minimum atomic E-state index is -0.785. The minimum absolute atomic E-state index is 0.127. The second kappa shape index (κ2) is 5.76. The Balaban J connectivity index is 2.93. The highest BCUT2D eigenvalue weighted by atomic mass is 16.5. The van der Waals surface area contributed by atoms with Crippen LogP contribution in [0.2, 0.25) is 0 Å². The van der Waals surface area contributed by atoms with Gasteiger partial charge in [-0.05, 0) is 23.5 Å². The van der Waals surface area contributed by atoms with E-state index in [4.69, 9.17) is 14.6 Å². The van der Waals surface area contributed by atoms with Gasteiger partial charge in [0.15, 0.2) is 0 Å². The van der Waals surface area contributed by atoms with Gasteiger partial charge in [-0.2, -0.15) is 0 Å². The molecule has 4 heteroatoms. The molecule has 0 amide bonds. The summed E-state index contributed by atoms with van der Waals surface area (Å²) in [6, 6.07) is 5.59. The molecule has 1 N–H and O–H groups in total. The van der Waals surface area contributed by atoms with Gasteiger partial charge in [0.05, 0.1) is 20.6 Å². The van der Waals surface area contributed by atoms with Gasteiger partial charge in [0, 0.05) is 6.07 Å². The molecule has 1 aromatic carbocycles. The van der Waals surface area contributed by atoms with Gasteiger partial charge in [0.2, 0.25) is 0 Å². The van der Waals surface area contributed by atoms with E-state index in [0.29, 0.717) is 6.42 Å². The van der Waals surface area contributed by atoms with E-state index in [1.165, 1.54) is 0 Å². The molecular formula is C14H20O4. The van der Waals surface area contributed by atoms with E-state index < -0.39 is 5.97 Å². The first-order valence-electron chi connectivity index (χ1n) is 5.80. The third-order valence-corrected chi connectivity index (χ3v) is 2.79. The average Bonchev–Trinajstić information content (AvgIpc) is 2.27. The van der Waals surface area contributed by atoms with E-state index in [2.05, 4.69) is 0 Å². The van der Waals surface area contributed by atoms with Gasteiger partial charge in [-0.25, -0.2) is 0 Å². The van der Waals surface area contributed by atoms with E-state index in [9.17, 15) is 4.79 Å². The lowest BCUT2D eigenvalue weighted by Gasteiger charge is -2.23. The van der Waals surface area contributed by atoms with Crippen molar-refractivity contribution >= 4 is 5.97 Å². The van der Waals surface area contributed by atoms with Crippen LogP contribution < -0.4 is 9.47 Å². The molecule has 1 rings (SSSR count). The molecule has 0 aliphatic carbocycles. The maximum absolute atomic E-state index is 10.8. The lowest BCUT2D eigenvalue weighted by atomic mass is 9.82. The molecule has 0 heterocycles. The molecule has 100 valence electrons. The molecular weight excluding hydrogens is 232 g/mol. The summed E-state index contributed by atoms with van der Waals surface area (Å²) < 4.78 is 10.4. The Hall–Kier alpha value is -1.71. The normalized spacial score (nSPS) is 11.1. The Kier molecular flexibility index (Phi) is 4.59. The van der Waals surface area contributed by atoms with Gasteiger partial charge >= 0.3 is 5.97 Å². The Labute approximate surface area is 108 Å². The predicted molar refractivity (Wildman–Crippen MR) is 69.3 cm³/mol. The van der Waals surface area contributed by atoms with Crippen molar-refractivity contribution in [1.82, 2.24) is 0 Å². The van der Waals surface area contributed by atoms with Crippen molar-refractivity contribution in [2.45, 2.75) is 26.7 Å². The molecule has 0 atom stereocenters. The maximum atomic E-state index is 10.8. The summed E-state index contributed by atoms with van der Waals surface area (Å²) in [5.74, 6) is 0.673. The Morgan fingerprint density at radius 2 is 1.94 bits per heavy atom. The molecule has 0 spiro atoms. The number of hydrogen-bond donors (Lipinski definition) is 1. The summed E-state index contributed by atoms with van der Waals surface area (Å²) in [6.45, 7) is 3.87. The van der Waals surface area contributed by atoms with Gasteiger partial charge in [-0.1, -0.05) is 19.9 Å². The number of carboxylic acid groups (broad SMARTS) is 1. The Morgan fingerprint density at radius 1 is 1.28 bits per heavy atom. The number of carbonyl (C=O) groups is 1. The molecule has 0 aliphatic rings. The van der Waals surface area contributed by atoms with E-state index in [0.717, 1.165) is 17.1 Å². The zero-order chi connectivity index (χ0) is 13.8. The van der Waals surface area contributed by atoms with Crippen LogP contribution in [0.1, 0.15) is 25.8 Å². The van der Waals surface area contributed by atoms with Crippen LogP contribution in [0.4, 0.5) is 0 Å². The highest BCUT2D eigenvalue weighted by Gasteiger charge is 2.23. The quantitative estimate of drug-likeness (QED) is 0.845. The zero-order valence-electron chi connectivity index (χ0n) is 11.3. The summed E-state index contributed by atoms with van der Waals surface area (Å²) in [4.78, 5) is 10.8. The van der Waals surface area contributed by atoms with Crippen molar-refractivity contribution in [2.75, 3.05) is 14.2 Å². The monoisotopic (exact) mass is 252 g/mol. The number of methoxy groups -OCH3 is 2. The molecule has 4 nitrogen and oxygen atoms in total. The molecule has 18 heavy (non-hydrogen) atoms. The van der Waals surface area contributed by atoms with E-state index in [-0.39, 0.29) is 11.8 Å². The second-order valence-corrected chi connectivity index (χ2v) is 5.09. The Morgan fingerprint density at radius 3 is 2.44 bits per heavy atom. The summed E-state index contributed by atoms with van der Waals surface area (Å²) in [5.41, 5.74) is 0.679. The average molecular weight is 252 g/mol. The molecule has 0 fully saturated rings. The van der Waals surface area contributed by atoms with Crippen LogP contribution in [-0.2, 0) is 11.2 Å². The number of ether oxygens (including phenoxy) is 2. The minimum Gasteiger partial charge on any atom is -0.497 e. The van der Waals surface area contributed by atoms with Crippen molar-refractivity contribution in [3.05, 3.63) is 23.8 Å². The fourth-order valence-electron chi connectivity index (χ4n) is 1.99. The lowest BCUT2D eigenvalue weighted by molar-refractivity contribution is -0.139. The molecule has 0 bridgehead atoms. The summed E-state index contributed by atoms with van der Waals surface area (Å²) in [6.07, 6.45) is 0.772. The highest BCUT2D eigenvalue weighted by Crippen LogP contribution is 2.32. The van der Waals surface area contributed by atoms with Crippen molar-refractivity contribution in [3.8, 4) is 11.5 Å². The number of benzene rings is 1. The van der Waals surface area contributed by atoms with E-state index >= 15 is 0 Å².